The van der Waals surface area contributed by atoms with Gasteiger partial charge in [0.2, 0.25) is 0 Å². The second kappa shape index (κ2) is 11.5. The maximum atomic E-state index is 12.2. The summed E-state index contributed by atoms with van der Waals surface area (Å²) >= 11 is 0. The molecule has 0 radical (unpaired) electrons. The van der Waals surface area contributed by atoms with Crippen molar-refractivity contribution in [3.05, 3.63) is 42.5 Å². The number of aliphatic hydroxyl groups is 2. The van der Waals surface area contributed by atoms with E-state index < -0.39 is 24.1 Å². The van der Waals surface area contributed by atoms with Gasteiger partial charge in [-0.3, -0.25) is 9.59 Å². The van der Waals surface area contributed by atoms with Crippen LogP contribution >= 0.6 is 0 Å². The molecule has 3 N–H and O–H groups in total. The quantitative estimate of drug-likeness (QED) is 0.456. The summed E-state index contributed by atoms with van der Waals surface area (Å²) in [5, 5.41) is 28.9. The molecule has 7 heteroatoms. The fourth-order valence-electron chi connectivity index (χ4n) is 3.67. The number of aliphatic carboxylic acids is 1. The largest absolute Gasteiger partial charge is 0.491 e. The number of para-hydroxylation sites is 1. The third-order valence-corrected chi connectivity index (χ3v) is 5.19. The van der Waals surface area contributed by atoms with E-state index in [-0.39, 0.29) is 43.4 Å². The number of ketones is 2. The average Bonchev–Trinajstić information content (AvgIpc) is 2.96. The first-order chi connectivity index (χ1) is 13.9. The highest BCUT2D eigenvalue weighted by atomic mass is 16.5. The number of carbonyl (C=O) groups excluding carboxylic acids is 2. The van der Waals surface area contributed by atoms with Gasteiger partial charge in [-0.05, 0) is 37.3 Å². The maximum absolute atomic E-state index is 12.2. The van der Waals surface area contributed by atoms with Crippen LogP contribution in [-0.4, -0.2) is 51.7 Å². The highest BCUT2D eigenvalue weighted by Gasteiger charge is 2.41. The molecular weight excluding hydrogens is 376 g/mol. The first kappa shape index (κ1) is 22.8. The van der Waals surface area contributed by atoms with Gasteiger partial charge in [-0.2, -0.15) is 0 Å². The summed E-state index contributed by atoms with van der Waals surface area (Å²) < 4.78 is 5.52. The molecule has 2 unspecified atom stereocenters. The maximum Gasteiger partial charge on any atom is 0.327 e. The van der Waals surface area contributed by atoms with Crippen molar-refractivity contribution in [2.75, 3.05) is 6.61 Å². The SMILES string of the molecule is O=C(O)C=CCC(=O)CC[C@H]1C(=O)CC(O)[C@@H]1CCC(O)COc1ccccc1. The summed E-state index contributed by atoms with van der Waals surface area (Å²) in [5.74, 6) is -1.37. The second-order valence-electron chi connectivity index (χ2n) is 7.39. The van der Waals surface area contributed by atoms with E-state index in [0.29, 0.717) is 25.0 Å². The van der Waals surface area contributed by atoms with Crippen molar-refractivity contribution >= 4 is 17.5 Å². The Morgan fingerprint density at radius 3 is 2.62 bits per heavy atom. The molecule has 0 heterocycles. The normalized spacial score (nSPS) is 22.7. The smallest absolute Gasteiger partial charge is 0.327 e. The van der Waals surface area contributed by atoms with Crippen LogP contribution < -0.4 is 4.74 Å². The molecule has 158 valence electrons. The van der Waals surface area contributed by atoms with Crippen LogP contribution in [0.3, 0.4) is 0 Å². The Morgan fingerprint density at radius 2 is 1.93 bits per heavy atom. The number of rotatable bonds is 12. The van der Waals surface area contributed by atoms with Crippen molar-refractivity contribution in [1.82, 2.24) is 0 Å². The minimum absolute atomic E-state index is 0.00989. The van der Waals surface area contributed by atoms with Gasteiger partial charge in [0.15, 0.2) is 0 Å². The van der Waals surface area contributed by atoms with Crippen LogP contribution in [0.25, 0.3) is 0 Å². The fraction of sp³-hybridized carbons (Fsp3) is 0.500. The van der Waals surface area contributed by atoms with Crippen LogP contribution in [0.4, 0.5) is 0 Å². The summed E-state index contributed by atoms with van der Waals surface area (Å²) in [6, 6.07) is 9.14. The van der Waals surface area contributed by atoms with Gasteiger partial charge in [0.05, 0.1) is 12.2 Å². The van der Waals surface area contributed by atoms with Crippen LogP contribution in [0, 0.1) is 11.8 Å². The predicted octanol–water partition coefficient (Wildman–Crippen LogP) is 2.15. The van der Waals surface area contributed by atoms with Crippen LogP contribution in [0.1, 0.15) is 38.5 Å². The van der Waals surface area contributed by atoms with E-state index in [1.807, 2.05) is 18.2 Å². The molecule has 7 nitrogen and oxygen atoms in total. The van der Waals surface area contributed by atoms with E-state index in [2.05, 4.69) is 0 Å². The van der Waals surface area contributed by atoms with E-state index in [9.17, 15) is 24.6 Å². The second-order valence-corrected chi connectivity index (χ2v) is 7.39. The highest BCUT2D eigenvalue weighted by Crippen LogP contribution is 2.36. The van der Waals surface area contributed by atoms with Crippen LogP contribution in [0.15, 0.2) is 42.5 Å². The monoisotopic (exact) mass is 404 g/mol. The Labute approximate surface area is 170 Å². The number of hydrogen-bond donors (Lipinski definition) is 3. The molecule has 0 bridgehead atoms. The summed E-state index contributed by atoms with van der Waals surface area (Å²) in [6.07, 6.45) is 2.13. The van der Waals surface area contributed by atoms with Gasteiger partial charge >= 0.3 is 5.97 Å². The van der Waals surface area contributed by atoms with Gasteiger partial charge in [0.25, 0.3) is 0 Å². The van der Waals surface area contributed by atoms with Crippen LogP contribution in [-0.2, 0) is 14.4 Å². The van der Waals surface area contributed by atoms with Crippen molar-refractivity contribution in [2.24, 2.45) is 11.8 Å². The summed E-state index contributed by atoms with van der Waals surface area (Å²) in [4.78, 5) is 34.5. The first-order valence-corrected chi connectivity index (χ1v) is 9.84. The van der Waals surface area contributed by atoms with Crippen molar-refractivity contribution in [1.29, 1.82) is 0 Å². The van der Waals surface area contributed by atoms with Crippen LogP contribution in [0.5, 0.6) is 5.75 Å². The van der Waals surface area contributed by atoms with E-state index in [1.165, 1.54) is 6.08 Å². The Kier molecular flexibility index (Phi) is 9.02. The minimum Gasteiger partial charge on any atom is -0.491 e. The lowest BCUT2D eigenvalue weighted by atomic mass is 9.85. The van der Waals surface area contributed by atoms with Gasteiger partial charge in [-0.1, -0.05) is 24.3 Å². The minimum atomic E-state index is -1.11. The molecule has 4 atom stereocenters. The number of allylic oxidation sites excluding steroid dienone is 1. The van der Waals surface area contributed by atoms with Crippen molar-refractivity contribution in [2.45, 2.75) is 50.7 Å². The Bertz CT molecular complexity index is 713. The number of ether oxygens (including phenoxy) is 1. The molecule has 1 aromatic rings. The number of Topliss-reactive ketones (excluding diaryl/α,β-unsaturated/α-hetero) is 2. The van der Waals surface area contributed by atoms with Crippen molar-refractivity contribution in [3.63, 3.8) is 0 Å². The number of carboxylic acids is 1. The lowest BCUT2D eigenvalue weighted by molar-refractivity contribution is -0.131. The molecule has 0 saturated heterocycles. The topological polar surface area (TPSA) is 121 Å². The Hall–Kier alpha value is -2.51. The summed E-state index contributed by atoms with van der Waals surface area (Å²) in [5.41, 5.74) is 0. The van der Waals surface area contributed by atoms with E-state index in [4.69, 9.17) is 9.84 Å². The average molecular weight is 404 g/mol. The molecule has 2 rings (SSSR count). The molecule has 1 fully saturated rings. The van der Waals surface area contributed by atoms with Gasteiger partial charge in [0, 0.05) is 31.3 Å². The van der Waals surface area contributed by atoms with Gasteiger partial charge in [-0.15, -0.1) is 0 Å². The number of hydrogen-bond acceptors (Lipinski definition) is 6. The highest BCUT2D eigenvalue weighted by molar-refractivity contribution is 5.86. The predicted molar refractivity (Wildman–Crippen MR) is 105 cm³/mol. The molecule has 1 aromatic carbocycles. The van der Waals surface area contributed by atoms with Crippen molar-refractivity contribution in [3.8, 4) is 5.75 Å². The van der Waals surface area contributed by atoms with E-state index in [1.54, 1.807) is 12.1 Å². The van der Waals surface area contributed by atoms with Crippen molar-refractivity contribution < 1.29 is 34.4 Å². The number of benzene rings is 1. The van der Waals surface area contributed by atoms with Gasteiger partial charge in [0.1, 0.15) is 23.9 Å². The molecule has 0 amide bonds. The zero-order valence-electron chi connectivity index (χ0n) is 16.3. The van der Waals surface area contributed by atoms with E-state index >= 15 is 0 Å². The van der Waals surface area contributed by atoms with Gasteiger partial charge in [-0.25, -0.2) is 4.79 Å². The number of carbonyl (C=O) groups is 3. The fourth-order valence-corrected chi connectivity index (χ4v) is 3.67. The third kappa shape index (κ3) is 7.79. The standard InChI is InChI=1S/C22H28O7/c23-15(5-4-8-22(27)28)9-11-18-19(21(26)13-20(18)25)12-10-16(24)14-29-17-6-2-1-3-7-17/h1-4,6-8,16,18-19,21,24,26H,5,9-14H2,(H,27,28)/t16?,18-,19-,21?/m1/s1. The number of aliphatic hydroxyl groups excluding tert-OH is 2. The molecule has 0 aliphatic heterocycles. The molecule has 0 aromatic heterocycles. The molecule has 1 aliphatic carbocycles. The van der Waals surface area contributed by atoms with Crippen LogP contribution in [0.2, 0.25) is 0 Å². The van der Waals surface area contributed by atoms with E-state index in [0.717, 1.165) is 6.08 Å². The summed E-state index contributed by atoms with van der Waals surface area (Å²) in [7, 11) is 0. The molecular formula is C22H28O7. The molecule has 1 aliphatic rings. The van der Waals surface area contributed by atoms with Gasteiger partial charge < -0.3 is 20.1 Å². The molecule has 29 heavy (non-hydrogen) atoms. The Balaban J connectivity index is 1.78. The Morgan fingerprint density at radius 1 is 1.21 bits per heavy atom. The summed E-state index contributed by atoms with van der Waals surface area (Å²) in [6.45, 7) is 0.125. The first-order valence-electron chi connectivity index (χ1n) is 9.84. The third-order valence-electron chi connectivity index (χ3n) is 5.19. The molecule has 0 spiro atoms. The zero-order chi connectivity index (χ0) is 21.2. The lowest BCUT2D eigenvalue weighted by Crippen LogP contribution is -2.25. The zero-order valence-corrected chi connectivity index (χ0v) is 16.3. The molecule has 1 saturated carbocycles. The number of carboxylic acid groups (broad SMARTS) is 1. The lowest BCUT2D eigenvalue weighted by Gasteiger charge is -2.22.